The first kappa shape index (κ1) is 14.8. The quantitative estimate of drug-likeness (QED) is 0.763. The molecule has 1 rings (SSSR count). The lowest BCUT2D eigenvalue weighted by Crippen LogP contribution is -2.48. The summed E-state index contributed by atoms with van der Waals surface area (Å²) in [5, 5.41) is 11.9. The smallest absolute Gasteiger partial charge is 0.326 e. The van der Waals surface area contributed by atoms with Crippen LogP contribution in [0.5, 0.6) is 0 Å². The second-order valence-corrected chi connectivity index (χ2v) is 4.99. The molecule has 0 saturated carbocycles. The first-order valence-electron chi connectivity index (χ1n) is 6.23. The fourth-order valence-electron chi connectivity index (χ4n) is 2.26. The Morgan fingerprint density at radius 3 is 2.78 bits per heavy atom. The molecule has 0 aliphatic carbocycles. The van der Waals surface area contributed by atoms with Crippen LogP contribution in [0.25, 0.3) is 0 Å². The third-order valence-corrected chi connectivity index (χ3v) is 3.27. The minimum absolute atomic E-state index is 0.00430. The minimum atomic E-state index is -0.930. The highest BCUT2D eigenvalue weighted by Gasteiger charge is 2.39. The number of amides is 2. The largest absolute Gasteiger partial charge is 0.480 e. The van der Waals surface area contributed by atoms with E-state index in [0.29, 0.717) is 19.7 Å². The monoisotopic (exact) mass is 258 g/mol. The zero-order chi connectivity index (χ0) is 13.7. The average molecular weight is 258 g/mol. The number of ether oxygens (including phenoxy) is 1. The van der Waals surface area contributed by atoms with Crippen molar-refractivity contribution >= 4 is 12.0 Å². The molecule has 0 aromatic rings. The van der Waals surface area contributed by atoms with E-state index in [4.69, 9.17) is 9.84 Å². The highest BCUT2D eigenvalue weighted by molar-refractivity contribution is 5.83. The molecule has 1 aliphatic rings. The highest BCUT2D eigenvalue weighted by atomic mass is 16.5. The highest BCUT2D eigenvalue weighted by Crippen LogP contribution is 2.23. The van der Waals surface area contributed by atoms with Crippen LogP contribution >= 0.6 is 0 Å². The predicted octanol–water partition coefficient (Wildman–Crippen LogP) is 0.773. The molecule has 6 nitrogen and oxygen atoms in total. The van der Waals surface area contributed by atoms with Crippen molar-refractivity contribution in [3.63, 3.8) is 0 Å². The molecule has 104 valence electrons. The van der Waals surface area contributed by atoms with E-state index < -0.39 is 12.0 Å². The summed E-state index contributed by atoms with van der Waals surface area (Å²) in [5.41, 5.74) is 0. The van der Waals surface area contributed by atoms with Gasteiger partial charge in [0.25, 0.3) is 0 Å². The maximum absolute atomic E-state index is 11.9. The van der Waals surface area contributed by atoms with Crippen molar-refractivity contribution in [3.8, 4) is 0 Å². The van der Waals surface area contributed by atoms with E-state index in [0.717, 1.165) is 6.42 Å². The Bertz CT molecular complexity index is 308. The molecule has 0 bridgehead atoms. The number of nitrogens with one attached hydrogen (secondary N) is 1. The van der Waals surface area contributed by atoms with Gasteiger partial charge in [-0.2, -0.15) is 0 Å². The second-order valence-electron chi connectivity index (χ2n) is 4.99. The number of carbonyl (C=O) groups is 2. The molecule has 2 amide bonds. The zero-order valence-corrected chi connectivity index (χ0v) is 11.2. The van der Waals surface area contributed by atoms with Crippen LogP contribution in [-0.4, -0.2) is 54.9 Å². The van der Waals surface area contributed by atoms with Gasteiger partial charge in [-0.1, -0.05) is 13.8 Å². The Kier molecular flexibility index (Phi) is 5.40. The topological polar surface area (TPSA) is 78.9 Å². The lowest BCUT2D eigenvalue weighted by atomic mass is 10.0. The molecule has 18 heavy (non-hydrogen) atoms. The van der Waals surface area contributed by atoms with Crippen LogP contribution in [0, 0.1) is 11.8 Å². The number of carboxylic acids is 1. The average Bonchev–Trinajstić information content (AvgIpc) is 2.68. The summed E-state index contributed by atoms with van der Waals surface area (Å²) in [7, 11) is 1.61. The van der Waals surface area contributed by atoms with Gasteiger partial charge >= 0.3 is 12.0 Å². The van der Waals surface area contributed by atoms with Gasteiger partial charge in [0.2, 0.25) is 0 Å². The van der Waals surface area contributed by atoms with Gasteiger partial charge in [-0.15, -0.1) is 0 Å². The van der Waals surface area contributed by atoms with Gasteiger partial charge in [-0.25, -0.2) is 9.59 Å². The number of rotatable bonds is 5. The molecular weight excluding hydrogens is 236 g/mol. The van der Waals surface area contributed by atoms with Crippen LogP contribution in [-0.2, 0) is 9.53 Å². The van der Waals surface area contributed by atoms with Crippen LogP contribution in [0.3, 0.4) is 0 Å². The van der Waals surface area contributed by atoms with Crippen LogP contribution in [0.15, 0.2) is 0 Å². The van der Waals surface area contributed by atoms with Crippen LogP contribution in [0.4, 0.5) is 4.79 Å². The number of hydrogen-bond donors (Lipinski definition) is 2. The number of hydrogen-bond acceptors (Lipinski definition) is 3. The van der Waals surface area contributed by atoms with Gasteiger partial charge in [-0.05, 0) is 18.3 Å². The van der Waals surface area contributed by atoms with Gasteiger partial charge in [0.05, 0.1) is 6.61 Å². The molecular formula is C12H22N2O4. The summed E-state index contributed by atoms with van der Waals surface area (Å²) < 4.78 is 4.98. The molecule has 0 radical (unpaired) electrons. The number of aliphatic carboxylic acids is 1. The van der Waals surface area contributed by atoms with E-state index in [-0.39, 0.29) is 17.9 Å². The summed E-state index contributed by atoms with van der Waals surface area (Å²) in [6.07, 6.45) is 0.734. The van der Waals surface area contributed by atoms with Gasteiger partial charge in [0, 0.05) is 20.2 Å². The van der Waals surface area contributed by atoms with Gasteiger partial charge in [0.15, 0.2) is 0 Å². The molecule has 0 spiro atoms. The molecule has 6 heteroatoms. The van der Waals surface area contributed by atoms with Crippen LogP contribution in [0.2, 0.25) is 0 Å². The lowest BCUT2D eigenvalue weighted by molar-refractivity contribution is -0.142. The fraction of sp³-hybridized carbons (Fsp3) is 0.833. The first-order chi connectivity index (χ1) is 8.47. The van der Waals surface area contributed by atoms with E-state index in [9.17, 15) is 9.59 Å². The maximum Gasteiger partial charge on any atom is 0.326 e. The third-order valence-electron chi connectivity index (χ3n) is 3.27. The summed E-state index contributed by atoms with van der Waals surface area (Å²) >= 11 is 0. The number of urea groups is 1. The SMILES string of the molecule is COCC(C)CNC(=O)N1CCC(C)C1C(=O)O. The Hall–Kier alpha value is -1.30. The zero-order valence-electron chi connectivity index (χ0n) is 11.2. The molecule has 0 aromatic heterocycles. The van der Waals surface area contributed by atoms with E-state index in [2.05, 4.69) is 5.32 Å². The van der Waals surface area contributed by atoms with E-state index in [1.807, 2.05) is 13.8 Å². The van der Waals surface area contributed by atoms with Crippen molar-refractivity contribution in [3.05, 3.63) is 0 Å². The Morgan fingerprint density at radius 1 is 1.56 bits per heavy atom. The molecule has 1 aliphatic heterocycles. The third kappa shape index (κ3) is 3.60. The number of likely N-dealkylation sites (tertiary alicyclic amines) is 1. The van der Waals surface area contributed by atoms with Crippen molar-refractivity contribution in [2.75, 3.05) is 26.8 Å². The summed E-state index contributed by atoms with van der Waals surface area (Å²) in [4.78, 5) is 24.5. The summed E-state index contributed by atoms with van der Waals surface area (Å²) in [6.45, 7) is 5.39. The van der Waals surface area contributed by atoms with Crippen molar-refractivity contribution in [1.82, 2.24) is 10.2 Å². The van der Waals surface area contributed by atoms with Gasteiger partial charge in [0.1, 0.15) is 6.04 Å². The molecule has 1 fully saturated rings. The van der Waals surface area contributed by atoms with E-state index in [1.165, 1.54) is 4.90 Å². The van der Waals surface area contributed by atoms with Gasteiger partial charge in [-0.3, -0.25) is 0 Å². The van der Waals surface area contributed by atoms with Crippen molar-refractivity contribution in [1.29, 1.82) is 0 Å². The molecule has 1 heterocycles. The lowest BCUT2D eigenvalue weighted by Gasteiger charge is -2.24. The van der Waals surface area contributed by atoms with Crippen LogP contribution in [0.1, 0.15) is 20.3 Å². The Labute approximate surface area is 107 Å². The Balaban J connectivity index is 2.48. The summed E-state index contributed by atoms with van der Waals surface area (Å²) in [6, 6.07) is -1.00. The van der Waals surface area contributed by atoms with Crippen molar-refractivity contribution in [2.45, 2.75) is 26.3 Å². The predicted molar refractivity (Wildman–Crippen MR) is 66.3 cm³/mol. The van der Waals surface area contributed by atoms with Crippen LogP contribution < -0.4 is 5.32 Å². The van der Waals surface area contributed by atoms with Gasteiger partial charge < -0.3 is 20.1 Å². The number of methoxy groups -OCH3 is 1. The van der Waals surface area contributed by atoms with Crippen molar-refractivity contribution < 1.29 is 19.4 Å². The standard InChI is InChI=1S/C12H22N2O4/c1-8(7-18-3)6-13-12(17)14-5-4-9(2)10(14)11(15)16/h8-10H,4-7H2,1-3H3,(H,13,17)(H,15,16). The summed E-state index contributed by atoms with van der Waals surface area (Å²) in [5.74, 6) is -0.716. The molecule has 2 N–H and O–H groups in total. The second kappa shape index (κ2) is 6.58. The molecule has 3 atom stereocenters. The Morgan fingerprint density at radius 2 is 2.22 bits per heavy atom. The fourth-order valence-corrected chi connectivity index (χ4v) is 2.26. The van der Waals surface area contributed by atoms with E-state index in [1.54, 1.807) is 7.11 Å². The molecule has 0 aromatic carbocycles. The number of carbonyl (C=O) groups excluding carboxylic acids is 1. The van der Waals surface area contributed by atoms with Crippen molar-refractivity contribution in [2.24, 2.45) is 11.8 Å². The first-order valence-corrected chi connectivity index (χ1v) is 6.23. The number of carboxylic acid groups (broad SMARTS) is 1. The molecule has 1 saturated heterocycles. The molecule has 3 unspecified atom stereocenters. The number of nitrogens with zero attached hydrogens (tertiary/aromatic N) is 1. The normalized spacial score (nSPS) is 24.9. The minimum Gasteiger partial charge on any atom is -0.480 e. The maximum atomic E-state index is 11.9. The van der Waals surface area contributed by atoms with E-state index >= 15 is 0 Å².